The van der Waals surface area contributed by atoms with E-state index in [1.165, 1.54) is 0 Å². The van der Waals surface area contributed by atoms with Crippen molar-refractivity contribution >= 4 is 17.5 Å². The minimum Gasteiger partial charge on any atom is -0.339 e. The predicted octanol–water partition coefficient (Wildman–Crippen LogP) is 2.19. The zero-order chi connectivity index (χ0) is 16.2. The molecule has 122 valence electrons. The van der Waals surface area contributed by atoms with E-state index in [0.717, 1.165) is 49.0 Å². The van der Waals surface area contributed by atoms with Gasteiger partial charge in [-0.2, -0.15) is 5.10 Å². The monoisotopic (exact) mass is 332 g/mol. The Bertz CT molecular complexity index is 677. The van der Waals surface area contributed by atoms with Crippen LogP contribution >= 0.6 is 11.6 Å². The molecule has 0 atom stereocenters. The Balaban J connectivity index is 1.51. The zero-order valence-corrected chi connectivity index (χ0v) is 14.0. The molecule has 1 aromatic heterocycles. The van der Waals surface area contributed by atoms with Crippen molar-refractivity contribution in [2.24, 2.45) is 0 Å². The van der Waals surface area contributed by atoms with Gasteiger partial charge in [0.05, 0.1) is 0 Å². The second-order valence-electron chi connectivity index (χ2n) is 5.88. The van der Waals surface area contributed by atoms with Gasteiger partial charge < -0.3 is 4.90 Å². The summed E-state index contributed by atoms with van der Waals surface area (Å²) in [6, 6.07) is 9.84. The number of halogens is 1. The van der Waals surface area contributed by atoms with Gasteiger partial charge in [-0.25, -0.2) is 0 Å². The van der Waals surface area contributed by atoms with E-state index in [1.54, 1.807) is 10.9 Å². The number of aryl methyl sites for hydroxylation is 1. The van der Waals surface area contributed by atoms with Gasteiger partial charge in [-0.15, -0.1) is 0 Å². The van der Waals surface area contributed by atoms with Crippen molar-refractivity contribution in [1.29, 1.82) is 0 Å². The number of hydrogen-bond acceptors (Lipinski definition) is 3. The van der Waals surface area contributed by atoms with Crippen LogP contribution in [0, 0.1) is 6.92 Å². The third-order valence-corrected chi connectivity index (χ3v) is 4.66. The molecule has 0 spiro atoms. The fraction of sp³-hybridized carbons (Fsp3) is 0.412. The van der Waals surface area contributed by atoms with E-state index in [2.05, 4.69) is 16.1 Å². The summed E-state index contributed by atoms with van der Waals surface area (Å²) in [7, 11) is 0. The van der Waals surface area contributed by atoms with E-state index in [4.69, 9.17) is 11.6 Å². The Morgan fingerprint density at radius 2 is 1.91 bits per heavy atom. The van der Waals surface area contributed by atoms with Gasteiger partial charge >= 0.3 is 0 Å². The van der Waals surface area contributed by atoms with Crippen LogP contribution in [0.3, 0.4) is 0 Å². The van der Waals surface area contributed by atoms with E-state index >= 15 is 0 Å². The van der Waals surface area contributed by atoms with Gasteiger partial charge in [0.1, 0.15) is 6.54 Å². The molecule has 23 heavy (non-hydrogen) atoms. The van der Waals surface area contributed by atoms with Gasteiger partial charge in [-0.05, 0) is 24.6 Å². The van der Waals surface area contributed by atoms with Crippen LogP contribution in [0.5, 0.6) is 0 Å². The van der Waals surface area contributed by atoms with Crippen molar-refractivity contribution in [3.63, 3.8) is 0 Å². The fourth-order valence-electron chi connectivity index (χ4n) is 2.82. The van der Waals surface area contributed by atoms with Crippen molar-refractivity contribution < 1.29 is 4.79 Å². The smallest absolute Gasteiger partial charge is 0.244 e. The third-order valence-electron chi connectivity index (χ3n) is 4.29. The maximum atomic E-state index is 12.4. The Morgan fingerprint density at radius 3 is 2.57 bits per heavy atom. The number of aromatic nitrogens is 2. The lowest BCUT2D eigenvalue weighted by Gasteiger charge is -2.35. The molecular formula is C17H21ClN4O. The van der Waals surface area contributed by atoms with Gasteiger partial charge in [0.25, 0.3) is 0 Å². The minimum absolute atomic E-state index is 0.134. The molecule has 0 radical (unpaired) electrons. The Hall–Kier alpha value is -1.85. The summed E-state index contributed by atoms with van der Waals surface area (Å²) in [6.45, 7) is 6.36. The van der Waals surface area contributed by atoms with Crippen molar-refractivity contribution in [2.45, 2.75) is 20.0 Å². The first-order valence-electron chi connectivity index (χ1n) is 7.85. The summed E-state index contributed by atoms with van der Waals surface area (Å²) < 4.78 is 1.75. The molecule has 1 amide bonds. The summed E-state index contributed by atoms with van der Waals surface area (Å²) in [5.74, 6) is 0.134. The first kappa shape index (κ1) is 16.0. The highest BCUT2D eigenvalue weighted by Crippen LogP contribution is 2.18. The molecule has 3 rings (SSSR count). The average molecular weight is 333 g/mol. The molecule has 0 unspecified atom stereocenters. The summed E-state index contributed by atoms with van der Waals surface area (Å²) in [4.78, 5) is 16.6. The Kier molecular flexibility index (Phi) is 4.98. The molecule has 0 N–H and O–H groups in total. The van der Waals surface area contributed by atoms with E-state index in [1.807, 2.05) is 36.1 Å². The van der Waals surface area contributed by atoms with E-state index < -0.39 is 0 Å². The summed E-state index contributed by atoms with van der Waals surface area (Å²) in [5, 5.41) is 4.98. The van der Waals surface area contributed by atoms with Crippen LogP contribution in [0.25, 0.3) is 0 Å². The molecule has 1 aliphatic heterocycles. The molecule has 1 aromatic carbocycles. The molecule has 1 aliphatic rings. The van der Waals surface area contributed by atoms with E-state index in [-0.39, 0.29) is 5.91 Å². The van der Waals surface area contributed by atoms with Crippen LogP contribution in [0.2, 0.25) is 5.02 Å². The number of carbonyl (C=O) groups excluding carboxylic acids is 1. The quantitative estimate of drug-likeness (QED) is 0.862. The molecule has 1 fully saturated rings. The topological polar surface area (TPSA) is 41.4 Å². The lowest BCUT2D eigenvalue weighted by molar-refractivity contribution is -0.133. The molecule has 0 bridgehead atoms. The number of piperazine rings is 1. The molecule has 0 saturated carbocycles. The molecular weight excluding hydrogens is 312 g/mol. The Labute approximate surface area is 141 Å². The second-order valence-corrected chi connectivity index (χ2v) is 6.29. The van der Waals surface area contributed by atoms with Crippen molar-refractivity contribution in [3.8, 4) is 0 Å². The largest absolute Gasteiger partial charge is 0.339 e. The Morgan fingerprint density at radius 1 is 1.17 bits per heavy atom. The van der Waals surface area contributed by atoms with Crippen LogP contribution in [-0.4, -0.2) is 51.7 Å². The van der Waals surface area contributed by atoms with E-state index in [0.29, 0.717) is 6.54 Å². The van der Waals surface area contributed by atoms with E-state index in [9.17, 15) is 4.79 Å². The highest BCUT2D eigenvalue weighted by atomic mass is 35.5. The number of rotatable bonds is 4. The number of nitrogens with zero attached hydrogens (tertiary/aromatic N) is 4. The van der Waals surface area contributed by atoms with Crippen molar-refractivity contribution in [2.75, 3.05) is 26.2 Å². The van der Waals surface area contributed by atoms with Crippen LogP contribution in [0.1, 0.15) is 11.3 Å². The SMILES string of the molecule is Cc1ccnn1CC(=O)N1CCN(Cc2ccccc2Cl)CC1. The number of hydrogen-bond donors (Lipinski definition) is 0. The standard InChI is InChI=1S/C17H21ClN4O/c1-14-6-7-19-22(14)13-17(23)21-10-8-20(9-11-21)12-15-4-2-3-5-16(15)18/h2-7H,8-13H2,1H3. The minimum atomic E-state index is 0.134. The van der Waals surface area contributed by atoms with Crippen LogP contribution in [0.15, 0.2) is 36.5 Å². The summed E-state index contributed by atoms with van der Waals surface area (Å²) in [5.41, 5.74) is 2.15. The van der Waals surface area contributed by atoms with Gasteiger partial charge in [-0.3, -0.25) is 14.4 Å². The molecule has 2 heterocycles. The van der Waals surface area contributed by atoms with Gasteiger partial charge in [0.2, 0.25) is 5.91 Å². The number of amides is 1. The first-order valence-corrected chi connectivity index (χ1v) is 8.23. The average Bonchev–Trinajstić information content (AvgIpc) is 2.95. The maximum absolute atomic E-state index is 12.4. The fourth-order valence-corrected chi connectivity index (χ4v) is 3.01. The zero-order valence-electron chi connectivity index (χ0n) is 13.3. The van der Waals surface area contributed by atoms with Crippen LogP contribution < -0.4 is 0 Å². The molecule has 5 nitrogen and oxygen atoms in total. The van der Waals surface area contributed by atoms with Gasteiger partial charge in [-0.1, -0.05) is 29.8 Å². The summed E-state index contributed by atoms with van der Waals surface area (Å²) in [6.07, 6.45) is 1.73. The molecule has 6 heteroatoms. The van der Waals surface area contributed by atoms with Crippen LogP contribution in [-0.2, 0) is 17.9 Å². The highest BCUT2D eigenvalue weighted by Gasteiger charge is 2.22. The lowest BCUT2D eigenvalue weighted by Crippen LogP contribution is -2.49. The second kappa shape index (κ2) is 7.15. The third kappa shape index (κ3) is 3.92. The van der Waals surface area contributed by atoms with Crippen molar-refractivity contribution in [3.05, 3.63) is 52.8 Å². The van der Waals surface area contributed by atoms with Gasteiger partial charge in [0.15, 0.2) is 0 Å². The normalized spacial score (nSPS) is 15.8. The summed E-state index contributed by atoms with van der Waals surface area (Å²) >= 11 is 6.22. The molecule has 2 aromatic rings. The van der Waals surface area contributed by atoms with Crippen LogP contribution in [0.4, 0.5) is 0 Å². The van der Waals surface area contributed by atoms with Gasteiger partial charge in [0, 0.05) is 49.6 Å². The highest BCUT2D eigenvalue weighted by molar-refractivity contribution is 6.31. The van der Waals surface area contributed by atoms with Crippen molar-refractivity contribution in [1.82, 2.24) is 19.6 Å². The first-order chi connectivity index (χ1) is 11.1. The predicted molar refractivity (Wildman–Crippen MR) is 90.3 cm³/mol. The molecule has 0 aliphatic carbocycles. The number of benzene rings is 1. The maximum Gasteiger partial charge on any atom is 0.244 e. The lowest BCUT2D eigenvalue weighted by atomic mass is 10.2. The molecule has 1 saturated heterocycles. The number of carbonyl (C=O) groups is 1.